The highest BCUT2D eigenvalue weighted by atomic mass is 16.3. The van der Waals surface area contributed by atoms with Gasteiger partial charge in [-0.15, -0.1) is 0 Å². The van der Waals surface area contributed by atoms with E-state index in [1.165, 1.54) is 32.5 Å². The Morgan fingerprint density at radius 1 is 1.47 bits per heavy atom. The van der Waals surface area contributed by atoms with E-state index in [0.29, 0.717) is 12.1 Å². The fraction of sp³-hybridized carbons (Fsp3) is 0.750. The number of furan rings is 1. The minimum atomic E-state index is 0.471. The molecule has 0 amide bonds. The van der Waals surface area contributed by atoms with Gasteiger partial charge in [0.25, 0.3) is 0 Å². The van der Waals surface area contributed by atoms with Gasteiger partial charge in [0, 0.05) is 25.0 Å². The highest BCUT2D eigenvalue weighted by Gasteiger charge is 2.24. The minimum Gasteiger partial charge on any atom is -0.469 e. The third kappa shape index (κ3) is 4.36. The lowest BCUT2D eigenvalue weighted by atomic mass is 9.91. The van der Waals surface area contributed by atoms with Gasteiger partial charge in [-0.05, 0) is 57.8 Å². The molecule has 1 aliphatic heterocycles. The number of hydrogen-bond donors (Lipinski definition) is 1. The van der Waals surface area contributed by atoms with E-state index in [4.69, 9.17) is 4.42 Å². The molecule has 0 spiro atoms. The molecule has 0 aromatic carbocycles. The van der Waals surface area contributed by atoms with Crippen LogP contribution in [-0.4, -0.2) is 36.6 Å². The average Bonchev–Trinajstić information content (AvgIpc) is 2.91. The minimum absolute atomic E-state index is 0.471. The van der Waals surface area contributed by atoms with Crippen LogP contribution in [0.1, 0.15) is 39.4 Å². The van der Waals surface area contributed by atoms with Crippen LogP contribution in [0, 0.1) is 5.92 Å². The maximum absolute atomic E-state index is 5.42. The number of hydrogen-bond acceptors (Lipinski definition) is 3. The number of nitrogens with zero attached hydrogens (tertiary/aromatic N) is 1. The van der Waals surface area contributed by atoms with Crippen LogP contribution >= 0.6 is 0 Å². The molecule has 2 heterocycles. The molecule has 1 N–H and O–H groups in total. The predicted octanol–water partition coefficient (Wildman–Crippen LogP) is 2.92. The second kappa shape index (κ2) is 7.11. The van der Waals surface area contributed by atoms with Crippen molar-refractivity contribution in [2.24, 2.45) is 5.92 Å². The zero-order valence-corrected chi connectivity index (χ0v) is 12.6. The second-order valence-corrected chi connectivity index (χ2v) is 5.94. The average molecular weight is 264 g/mol. The van der Waals surface area contributed by atoms with Crippen LogP contribution in [-0.2, 0) is 6.42 Å². The Balaban J connectivity index is 1.77. The standard InChI is InChI=1S/C16H28N2O/c1-4-18-9-5-7-15(12-18)14(3)17-13(2)11-16-8-6-10-19-16/h6,8,10,13-15,17H,4-5,7,9,11-12H2,1-3H3. The third-order valence-electron chi connectivity index (χ3n) is 4.33. The van der Waals surface area contributed by atoms with Crippen molar-refractivity contribution in [3.05, 3.63) is 24.2 Å². The van der Waals surface area contributed by atoms with Crippen molar-refractivity contribution in [3.63, 3.8) is 0 Å². The molecule has 1 saturated heterocycles. The molecule has 19 heavy (non-hydrogen) atoms. The summed E-state index contributed by atoms with van der Waals surface area (Å²) in [7, 11) is 0. The lowest BCUT2D eigenvalue weighted by molar-refractivity contribution is 0.153. The molecule has 0 radical (unpaired) electrons. The number of piperidine rings is 1. The first-order chi connectivity index (χ1) is 9.19. The topological polar surface area (TPSA) is 28.4 Å². The summed E-state index contributed by atoms with van der Waals surface area (Å²) < 4.78 is 5.42. The summed E-state index contributed by atoms with van der Waals surface area (Å²) in [5.41, 5.74) is 0. The van der Waals surface area contributed by atoms with Gasteiger partial charge < -0.3 is 14.6 Å². The lowest BCUT2D eigenvalue weighted by Gasteiger charge is -2.36. The molecule has 3 atom stereocenters. The van der Waals surface area contributed by atoms with Gasteiger partial charge in [0.1, 0.15) is 5.76 Å². The first kappa shape index (κ1) is 14.6. The van der Waals surface area contributed by atoms with Crippen LogP contribution in [0.5, 0.6) is 0 Å². The van der Waals surface area contributed by atoms with E-state index in [1.807, 2.05) is 6.07 Å². The SMILES string of the molecule is CCN1CCCC(C(C)NC(C)Cc2ccco2)C1. The van der Waals surface area contributed by atoms with E-state index in [0.717, 1.165) is 18.1 Å². The Morgan fingerprint density at radius 2 is 2.32 bits per heavy atom. The monoisotopic (exact) mass is 264 g/mol. The zero-order valence-electron chi connectivity index (χ0n) is 12.6. The van der Waals surface area contributed by atoms with Crippen molar-refractivity contribution in [1.82, 2.24) is 10.2 Å². The quantitative estimate of drug-likeness (QED) is 0.856. The summed E-state index contributed by atoms with van der Waals surface area (Å²) >= 11 is 0. The van der Waals surface area contributed by atoms with E-state index < -0.39 is 0 Å². The Bertz CT molecular complexity index is 350. The second-order valence-electron chi connectivity index (χ2n) is 5.94. The van der Waals surface area contributed by atoms with Crippen LogP contribution in [0.2, 0.25) is 0 Å². The first-order valence-corrected chi connectivity index (χ1v) is 7.69. The molecule has 3 heteroatoms. The normalized spacial score (nSPS) is 24.3. The van der Waals surface area contributed by atoms with Crippen molar-refractivity contribution >= 4 is 0 Å². The van der Waals surface area contributed by atoms with Crippen molar-refractivity contribution in [2.75, 3.05) is 19.6 Å². The molecule has 1 aliphatic rings. The zero-order chi connectivity index (χ0) is 13.7. The molecule has 3 nitrogen and oxygen atoms in total. The van der Waals surface area contributed by atoms with E-state index in [9.17, 15) is 0 Å². The van der Waals surface area contributed by atoms with E-state index in [1.54, 1.807) is 6.26 Å². The Morgan fingerprint density at radius 3 is 3.00 bits per heavy atom. The van der Waals surface area contributed by atoms with Gasteiger partial charge >= 0.3 is 0 Å². The molecule has 108 valence electrons. The van der Waals surface area contributed by atoms with E-state index >= 15 is 0 Å². The maximum Gasteiger partial charge on any atom is 0.105 e. The van der Waals surface area contributed by atoms with Gasteiger partial charge in [-0.3, -0.25) is 0 Å². The summed E-state index contributed by atoms with van der Waals surface area (Å²) in [5, 5.41) is 3.75. The largest absolute Gasteiger partial charge is 0.469 e. The first-order valence-electron chi connectivity index (χ1n) is 7.69. The van der Waals surface area contributed by atoms with Crippen LogP contribution in [0.3, 0.4) is 0 Å². The van der Waals surface area contributed by atoms with Gasteiger partial charge in [-0.2, -0.15) is 0 Å². The van der Waals surface area contributed by atoms with Crippen molar-refractivity contribution in [1.29, 1.82) is 0 Å². The van der Waals surface area contributed by atoms with Crippen LogP contribution in [0.25, 0.3) is 0 Å². The highest BCUT2D eigenvalue weighted by molar-refractivity contribution is 5.00. The van der Waals surface area contributed by atoms with Gasteiger partial charge in [0.2, 0.25) is 0 Å². The van der Waals surface area contributed by atoms with Gasteiger partial charge in [-0.1, -0.05) is 6.92 Å². The molecule has 0 saturated carbocycles. The van der Waals surface area contributed by atoms with Crippen LogP contribution < -0.4 is 5.32 Å². The lowest BCUT2D eigenvalue weighted by Crippen LogP contribution is -2.47. The number of rotatable bonds is 6. The molecule has 1 fully saturated rings. The molecule has 0 aliphatic carbocycles. The van der Waals surface area contributed by atoms with Gasteiger partial charge in [0.15, 0.2) is 0 Å². The fourth-order valence-corrected chi connectivity index (χ4v) is 3.16. The molecule has 2 rings (SSSR count). The van der Waals surface area contributed by atoms with Crippen LogP contribution in [0.15, 0.2) is 22.8 Å². The molecule has 1 aromatic rings. The van der Waals surface area contributed by atoms with Gasteiger partial charge in [0.05, 0.1) is 6.26 Å². The van der Waals surface area contributed by atoms with Crippen molar-refractivity contribution in [3.8, 4) is 0 Å². The summed E-state index contributed by atoms with van der Waals surface area (Å²) in [6.07, 6.45) is 5.43. The molecule has 0 bridgehead atoms. The Labute approximate surface area is 117 Å². The molecule has 1 aromatic heterocycles. The van der Waals surface area contributed by atoms with Crippen molar-refractivity contribution < 1.29 is 4.42 Å². The number of likely N-dealkylation sites (tertiary alicyclic amines) is 1. The maximum atomic E-state index is 5.42. The summed E-state index contributed by atoms with van der Waals surface area (Å²) in [6.45, 7) is 10.6. The third-order valence-corrected chi connectivity index (χ3v) is 4.33. The summed E-state index contributed by atoms with van der Waals surface area (Å²) in [5.74, 6) is 1.86. The predicted molar refractivity (Wildman–Crippen MR) is 79.3 cm³/mol. The van der Waals surface area contributed by atoms with E-state index in [2.05, 4.69) is 37.1 Å². The Kier molecular flexibility index (Phi) is 5.46. The highest BCUT2D eigenvalue weighted by Crippen LogP contribution is 2.20. The molecular weight excluding hydrogens is 236 g/mol. The summed E-state index contributed by atoms with van der Waals surface area (Å²) in [4.78, 5) is 2.57. The fourth-order valence-electron chi connectivity index (χ4n) is 3.16. The van der Waals surface area contributed by atoms with E-state index in [-0.39, 0.29) is 0 Å². The van der Waals surface area contributed by atoms with Gasteiger partial charge in [-0.25, -0.2) is 0 Å². The smallest absolute Gasteiger partial charge is 0.105 e. The molecule has 3 unspecified atom stereocenters. The van der Waals surface area contributed by atoms with Crippen molar-refractivity contribution in [2.45, 2.75) is 52.1 Å². The molecular formula is C16H28N2O. The summed E-state index contributed by atoms with van der Waals surface area (Å²) in [6, 6.07) is 5.08. The Hall–Kier alpha value is -0.800. The van der Waals surface area contributed by atoms with Crippen LogP contribution in [0.4, 0.5) is 0 Å². The number of nitrogens with one attached hydrogen (secondary N) is 1.